The number of hydrogen-bond donors (Lipinski definition) is 3. The van der Waals surface area contributed by atoms with Gasteiger partial charge in [-0.25, -0.2) is 14.8 Å². The summed E-state index contributed by atoms with van der Waals surface area (Å²) in [6, 6.07) is 36.2. The Kier molecular flexibility index (Phi) is 11.2. The lowest BCUT2D eigenvalue weighted by atomic mass is 9.77. The number of rotatable bonds is 13. The summed E-state index contributed by atoms with van der Waals surface area (Å²) in [5.74, 6) is -2.18. The number of carboxylic acid groups (broad SMARTS) is 1. The highest BCUT2D eigenvalue weighted by atomic mass is 127. The fourth-order valence-electron chi connectivity index (χ4n) is 6.73. The Hall–Kier alpha value is -4.75. The first kappa shape index (κ1) is 38.1. The van der Waals surface area contributed by atoms with Gasteiger partial charge in [-0.2, -0.15) is 0 Å². The summed E-state index contributed by atoms with van der Waals surface area (Å²) >= 11 is 7.46. The zero-order valence-corrected chi connectivity index (χ0v) is 34.8. The number of fused-ring (bicyclic) bond motifs is 2. The molecule has 2 amide bonds. The normalized spacial score (nSPS) is 17.0. The van der Waals surface area contributed by atoms with Crippen molar-refractivity contribution in [1.29, 1.82) is 0 Å². The quantitative estimate of drug-likeness (QED) is 0.0258. The van der Waals surface area contributed by atoms with Crippen LogP contribution in [0.4, 0.5) is 5.13 Å². The van der Waals surface area contributed by atoms with Crippen molar-refractivity contribution >= 4 is 108 Å². The number of nitrogens with one attached hydrogen (secondary N) is 2. The maximum absolute atomic E-state index is 14.3. The van der Waals surface area contributed by atoms with E-state index in [1.165, 1.54) is 46.4 Å². The lowest BCUT2D eigenvalue weighted by Crippen LogP contribution is -2.57. The smallest absolute Gasteiger partial charge is 0.353 e. The lowest BCUT2D eigenvalue weighted by molar-refractivity contribution is -0.146. The minimum atomic E-state index is -1.26. The molecule has 0 saturated carbocycles. The van der Waals surface area contributed by atoms with Crippen LogP contribution in [-0.2, 0) is 29.2 Å². The van der Waals surface area contributed by atoms with Gasteiger partial charge in [0.05, 0.1) is 26.9 Å². The molecule has 1 unspecified atom stereocenters. The fourth-order valence-corrected chi connectivity index (χ4v) is 11.9. The van der Waals surface area contributed by atoms with Gasteiger partial charge in [-0.05, 0) is 28.3 Å². The maximum Gasteiger partial charge on any atom is 0.353 e. The Morgan fingerprint density at radius 1 is 0.964 bits per heavy atom. The van der Waals surface area contributed by atoms with E-state index in [-0.39, 0.29) is 34.3 Å². The van der Waals surface area contributed by atoms with Gasteiger partial charge in [-0.1, -0.05) is 143 Å². The number of carboxylic acids is 1. The minimum absolute atomic E-state index is 0.0952. The summed E-state index contributed by atoms with van der Waals surface area (Å²) in [6.45, 7) is 0. The molecule has 0 bridgehead atoms. The van der Waals surface area contributed by atoms with E-state index >= 15 is 0 Å². The molecule has 6 aromatic rings. The van der Waals surface area contributed by atoms with Crippen LogP contribution in [0.1, 0.15) is 34.4 Å². The third-order valence-corrected chi connectivity index (χ3v) is 14.5. The second kappa shape index (κ2) is 16.4. The zero-order chi connectivity index (χ0) is 38.8. The van der Waals surface area contributed by atoms with Gasteiger partial charge in [0.2, 0.25) is 5.91 Å². The van der Waals surface area contributed by atoms with E-state index in [2.05, 4.69) is 74.8 Å². The van der Waals surface area contributed by atoms with E-state index in [1.807, 2.05) is 72.8 Å². The second-order valence-corrected chi connectivity index (χ2v) is 17.8. The Labute approximate surface area is 351 Å². The first-order valence-electron chi connectivity index (χ1n) is 17.2. The summed E-state index contributed by atoms with van der Waals surface area (Å²) in [6.07, 6.45) is 0.151. The SMILES string of the molecule is CON=C(C(=O)NC1S[C@H]2CC(=O)N2C(C(=O)O)=C1Sc1nc2c(CI)cccc2s1)c1csc(NC(c2ccccc2)(c2ccccc2)c2ccccc2)n1. The van der Waals surface area contributed by atoms with Crippen LogP contribution in [0.25, 0.3) is 10.2 Å². The van der Waals surface area contributed by atoms with Crippen LogP contribution in [0.2, 0.25) is 0 Å². The number of oxime groups is 1. The van der Waals surface area contributed by atoms with Crippen LogP contribution >= 0.6 is 68.8 Å². The van der Waals surface area contributed by atoms with Gasteiger partial charge in [0, 0.05) is 9.81 Å². The molecule has 8 rings (SSSR count). The van der Waals surface area contributed by atoms with Crippen molar-refractivity contribution < 1.29 is 24.3 Å². The molecule has 0 spiro atoms. The van der Waals surface area contributed by atoms with Crippen LogP contribution in [0, 0.1) is 0 Å². The second-order valence-electron chi connectivity index (χ2n) is 12.5. The van der Waals surface area contributed by atoms with Crippen molar-refractivity contribution in [3.05, 3.63) is 153 Å². The fraction of sp³-hybridized carbons (Fsp3) is 0.150. The molecule has 1 saturated heterocycles. The van der Waals surface area contributed by atoms with Crippen LogP contribution in [0.15, 0.2) is 135 Å². The Balaban J connectivity index is 1.13. The third-order valence-electron chi connectivity index (χ3n) is 9.26. The molecule has 0 aliphatic carbocycles. The van der Waals surface area contributed by atoms with Gasteiger partial charge >= 0.3 is 5.97 Å². The molecule has 16 heteroatoms. The largest absolute Gasteiger partial charge is 0.477 e. The third kappa shape index (κ3) is 7.19. The molecule has 2 atom stereocenters. The van der Waals surface area contributed by atoms with E-state index in [0.29, 0.717) is 9.47 Å². The number of carbonyl (C=O) groups excluding carboxylic acids is 2. The average molecular weight is 931 g/mol. The topological polar surface area (TPSA) is 146 Å². The summed E-state index contributed by atoms with van der Waals surface area (Å²) in [7, 11) is 1.35. The van der Waals surface area contributed by atoms with Crippen LogP contribution < -0.4 is 10.6 Å². The lowest BCUT2D eigenvalue weighted by Gasteiger charge is -2.46. The van der Waals surface area contributed by atoms with Crippen LogP contribution in [0.5, 0.6) is 0 Å². The predicted molar refractivity (Wildman–Crippen MR) is 231 cm³/mol. The zero-order valence-electron chi connectivity index (χ0n) is 29.4. The number of benzene rings is 4. The van der Waals surface area contributed by atoms with E-state index in [4.69, 9.17) is 14.8 Å². The first-order valence-corrected chi connectivity index (χ1v) is 22.2. The number of amides is 2. The molecule has 2 aliphatic rings. The van der Waals surface area contributed by atoms with E-state index in [0.717, 1.165) is 48.7 Å². The Morgan fingerprint density at radius 2 is 1.61 bits per heavy atom. The van der Waals surface area contributed by atoms with Crippen molar-refractivity contribution in [2.24, 2.45) is 5.16 Å². The molecule has 2 aromatic heterocycles. The van der Waals surface area contributed by atoms with Gasteiger partial charge in [0.15, 0.2) is 15.2 Å². The highest BCUT2D eigenvalue weighted by Crippen LogP contribution is 2.49. The molecule has 56 heavy (non-hydrogen) atoms. The number of para-hydroxylation sites is 1. The van der Waals surface area contributed by atoms with Crippen LogP contribution in [0.3, 0.4) is 0 Å². The van der Waals surface area contributed by atoms with Gasteiger partial charge in [-0.3, -0.25) is 14.5 Å². The minimum Gasteiger partial charge on any atom is -0.477 e. The summed E-state index contributed by atoms with van der Waals surface area (Å²) < 4.78 is 2.31. The molecule has 0 radical (unpaired) electrons. The number of thiazole rings is 2. The highest BCUT2D eigenvalue weighted by Gasteiger charge is 2.50. The number of hydrogen-bond acceptors (Lipinski definition) is 12. The molecule has 2 aliphatic heterocycles. The number of aliphatic carboxylic acids is 1. The number of thioether (sulfide) groups is 2. The number of β-lactam (4-membered cyclic amide) rings is 1. The summed E-state index contributed by atoms with van der Waals surface area (Å²) in [4.78, 5) is 56.3. The number of nitrogens with zero attached hydrogens (tertiary/aromatic N) is 4. The van der Waals surface area contributed by atoms with Gasteiger partial charge in [0.1, 0.15) is 29.4 Å². The molecule has 282 valence electrons. The number of alkyl halides is 1. The number of carbonyl (C=O) groups is 3. The molecule has 4 aromatic carbocycles. The number of anilines is 1. The standard InChI is InChI=1S/C40H31IN6O5S4/c1-52-46-32(27-22-53-38(42-27)45-40(24-13-5-2-6-14-24,25-15-7-3-8-16-25)26-17-9-4-10-18-26)35(49)44-36-34(33(37(50)51)47-29(48)20-30(47)55-36)56-39-43-31-23(21-41)12-11-19-28(31)54-39/h2-19,22,30,36H,20-21H2,1H3,(H,42,45)(H,44,49)(H,50,51)/t30-,36?/m0/s1. The molecule has 1 fully saturated rings. The predicted octanol–water partition coefficient (Wildman–Crippen LogP) is 8.28. The van der Waals surface area contributed by atoms with Crippen LogP contribution in [-0.4, -0.2) is 61.3 Å². The molecule has 4 heterocycles. The molecule has 11 nitrogen and oxygen atoms in total. The summed E-state index contributed by atoms with van der Waals surface area (Å²) in [5.41, 5.74) is 4.00. The Bertz CT molecular complexity index is 2400. The van der Waals surface area contributed by atoms with E-state index < -0.39 is 28.2 Å². The van der Waals surface area contributed by atoms with Crippen molar-refractivity contribution in [2.75, 3.05) is 12.4 Å². The first-order chi connectivity index (χ1) is 27.3. The van der Waals surface area contributed by atoms with E-state index in [9.17, 15) is 19.5 Å². The molecular formula is C40H31IN6O5S4. The van der Waals surface area contributed by atoms with Crippen molar-refractivity contribution in [2.45, 2.75) is 31.5 Å². The monoisotopic (exact) mass is 930 g/mol. The van der Waals surface area contributed by atoms with Gasteiger partial charge in [-0.15, -0.1) is 34.4 Å². The number of aromatic nitrogens is 2. The highest BCUT2D eigenvalue weighted by molar-refractivity contribution is 14.1. The average Bonchev–Trinajstić information content (AvgIpc) is 3.87. The van der Waals surface area contributed by atoms with Gasteiger partial charge < -0.3 is 20.6 Å². The van der Waals surface area contributed by atoms with Gasteiger partial charge in [0.25, 0.3) is 5.91 Å². The summed E-state index contributed by atoms with van der Waals surface area (Å²) in [5, 5.41) is 22.2. The molecule has 3 N–H and O–H groups in total. The van der Waals surface area contributed by atoms with Crippen molar-refractivity contribution in [3.63, 3.8) is 0 Å². The van der Waals surface area contributed by atoms with Crippen molar-refractivity contribution in [3.8, 4) is 0 Å². The number of halogens is 1. The molecular weight excluding hydrogens is 900 g/mol. The van der Waals surface area contributed by atoms with E-state index in [1.54, 1.807) is 5.38 Å². The Morgan fingerprint density at radius 3 is 2.18 bits per heavy atom. The van der Waals surface area contributed by atoms with Crippen molar-refractivity contribution in [1.82, 2.24) is 20.2 Å². The maximum atomic E-state index is 14.3.